The number of hydrogen-bond donors (Lipinski definition) is 3. The normalized spacial score (nSPS) is 10.9. The molecule has 0 fully saturated rings. The number of carbonyl (C=O) groups is 2. The maximum atomic E-state index is 11.2. The van der Waals surface area contributed by atoms with E-state index < -0.39 is 0 Å². The summed E-state index contributed by atoms with van der Waals surface area (Å²) in [6.45, 7) is 6.10. The van der Waals surface area contributed by atoms with Gasteiger partial charge >= 0.3 is 0 Å². The second kappa shape index (κ2) is 5.90. The molecule has 0 radical (unpaired) electrons. The predicted octanol–water partition coefficient (Wildman–Crippen LogP) is 0.337. The van der Waals surface area contributed by atoms with E-state index >= 15 is 0 Å². The number of thiol groups is 1. The lowest BCUT2D eigenvalue weighted by atomic mass is 10.1. The zero-order chi connectivity index (χ0) is 11.2. The van der Waals surface area contributed by atoms with Gasteiger partial charge < -0.3 is 10.6 Å². The molecule has 0 aliphatic carbocycles. The predicted molar refractivity (Wildman–Crippen MR) is 59.4 cm³/mol. The van der Waals surface area contributed by atoms with E-state index in [0.717, 1.165) is 0 Å². The molecule has 0 bridgehead atoms. The molecular formula is C9H18N2O2S. The van der Waals surface area contributed by atoms with E-state index in [1.807, 2.05) is 20.8 Å². The van der Waals surface area contributed by atoms with E-state index in [4.69, 9.17) is 0 Å². The van der Waals surface area contributed by atoms with E-state index in [9.17, 15) is 9.59 Å². The first-order valence-corrected chi connectivity index (χ1v) is 5.17. The Kier molecular flexibility index (Phi) is 5.60. The second-order valence-corrected chi connectivity index (χ2v) is 4.37. The van der Waals surface area contributed by atoms with E-state index in [1.54, 1.807) is 0 Å². The molecule has 0 aliphatic rings. The van der Waals surface area contributed by atoms with Gasteiger partial charge in [0.25, 0.3) is 0 Å². The smallest absolute Gasteiger partial charge is 0.229 e. The molecule has 0 saturated heterocycles. The summed E-state index contributed by atoms with van der Waals surface area (Å²) in [6, 6.07) is 0. The Morgan fingerprint density at radius 3 is 2.21 bits per heavy atom. The molecule has 2 N–H and O–H groups in total. The summed E-state index contributed by atoms with van der Waals surface area (Å²) in [6.07, 6.45) is 0.302. The van der Waals surface area contributed by atoms with E-state index in [0.29, 0.717) is 13.0 Å². The van der Waals surface area contributed by atoms with Gasteiger partial charge in [0, 0.05) is 18.5 Å². The quantitative estimate of drug-likeness (QED) is 0.596. The lowest BCUT2D eigenvalue weighted by Gasteiger charge is -2.20. The fourth-order valence-corrected chi connectivity index (χ4v) is 0.964. The van der Waals surface area contributed by atoms with Crippen molar-refractivity contribution < 1.29 is 9.59 Å². The van der Waals surface area contributed by atoms with E-state index in [2.05, 4.69) is 23.3 Å². The van der Waals surface area contributed by atoms with Crippen LogP contribution in [0, 0.1) is 0 Å². The third-order valence-corrected chi connectivity index (χ3v) is 1.62. The van der Waals surface area contributed by atoms with Crippen LogP contribution >= 0.6 is 12.6 Å². The third kappa shape index (κ3) is 7.91. The highest BCUT2D eigenvalue weighted by molar-refractivity contribution is 7.81. The Morgan fingerprint density at radius 1 is 1.21 bits per heavy atom. The average molecular weight is 218 g/mol. The molecule has 4 nitrogen and oxygen atoms in total. The molecule has 0 heterocycles. The molecule has 82 valence electrons. The van der Waals surface area contributed by atoms with Gasteiger partial charge in [0.1, 0.15) is 0 Å². The van der Waals surface area contributed by atoms with Crippen LogP contribution in [-0.4, -0.2) is 29.7 Å². The largest absolute Gasteiger partial charge is 0.355 e. The molecule has 5 heteroatoms. The van der Waals surface area contributed by atoms with Crippen molar-refractivity contribution in [2.24, 2.45) is 0 Å². The van der Waals surface area contributed by atoms with Crippen LogP contribution in [0.1, 0.15) is 27.2 Å². The van der Waals surface area contributed by atoms with E-state index in [-0.39, 0.29) is 23.1 Å². The minimum absolute atomic E-state index is 0.0584. The van der Waals surface area contributed by atoms with Gasteiger partial charge in [-0.1, -0.05) is 0 Å². The summed E-state index contributed by atoms with van der Waals surface area (Å²) in [5, 5.41) is 5.37. The Bertz CT molecular complexity index is 211. The van der Waals surface area contributed by atoms with Gasteiger partial charge in [-0.2, -0.15) is 12.6 Å². The Hall–Kier alpha value is -0.710. The van der Waals surface area contributed by atoms with Gasteiger partial charge in [-0.15, -0.1) is 0 Å². The first-order chi connectivity index (χ1) is 6.35. The number of amides is 2. The minimum atomic E-state index is -0.218. The fraction of sp³-hybridized carbons (Fsp3) is 0.778. The first kappa shape index (κ1) is 13.3. The van der Waals surface area contributed by atoms with Crippen molar-refractivity contribution in [2.75, 3.05) is 12.3 Å². The lowest BCUT2D eigenvalue weighted by molar-refractivity contribution is -0.122. The third-order valence-electron chi connectivity index (χ3n) is 1.33. The number of rotatable bonds is 4. The van der Waals surface area contributed by atoms with Crippen molar-refractivity contribution in [3.63, 3.8) is 0 Å². The van der Waals surface area contributed by atoms with Crippen molar-refractivity contribution in [3.8, 4) is 0 Å². The fourth-order valence-electron chi connectivity index (χ4n) is 0.852. The molecule has 0 atom stereocenters. The topological polar surface area (TPSA) is 58.2 Å². The maximum Gasteiger partial charge on any atom is 0.229 e. The summed E-state index contributed by atoms with van der Waals surface area (Å²) in [4.78, 5) is 22.0. The Morgan fingerprint density at radius 2 is 1.79 bits per heavy atom. The lowest BCUT2D eigenvalue weighted by Crippen LogP contribution is -2.42. The zero-order valence-electron chi connectivity index (χ0n) is 8.89. The highest BCUT2D eigenvalue weighted by Gasteiger charge is 2.13. The van der Waals surface area contributed by atoms with Crippen LogP contribution in [-0.2, 0) is 9.59 Å². The molecule has 0 aliphatic heterocycles. The summed E-state index contributed by atoms with van der Waals surface area (Å²) in [5.74, 6) is -0.0604. The Balaban J connectivity index is 3.60. The standard InChI is InChI=1S/C9H18N2O2S/c1-9(2,3)11-7(12)4-5-10-8(13)6-14/h14H,4-6H2,1-3H3,(H,10,13)(H,11,12). The molecular weight excluding hydrogens is 200 g/mol. The van der Waals surface area contributed by atoms with Crippen LogP contribution in [0.3, 0.4) is 0 Å². The highest BCUT2D eigenvalue weighted by Crippen LogP contribution is 1.98. The minimum Gasteiger partial charge on any atom is -0.355 e. The molecule has 0 aromatic rings. The van der Waals surface area contributed by atoms with Gasteiger partial charge in [-0.3, -0.25) is 9.59 Å². The molecule has 0 rings (SSSR count). The molecule has 0 spiro atoms. The van der Waals surface area contributed by atoms with Crippen molar-refractivity contribution in [2.45, 2.75) is 32.7 Å². The van der Waals surface area contributed by atoms with Crippen LogP contribution < -0.4 is 10.6 Å². The molecule has 2 amide bonds. The van der Waals surface area contributed by atoms with Crippen LogP contribution in [0.15, 0.2) is 0 Å². The number of hydrogen-bond acceptors (Lipinski definition) is 3. The van der Waals surface area contributed by atoms with Crippen molar-refractivity contribution in [1.29, 1.82) is 0 Å². The van der Waals surface area contributed by atoms with Crippen LogP contribution in [0.25, 0.3) is 0 Å². The van der Waals surface area contributed by atoms with Crippen LogP contribution in [0.2, 0.25) is 0 Å². The van der Waals surface area contributed by atoms with Gasteiger partial charge in [0.15, 0.2) is 0 Å². The zero-order valence-corrected chi connectivity index (χ0v) is 9.78. The summed E-state index contributed by atoms with van der Waals surface area (Å²) >= 11 is 3.80. The van der Waals surface area contributed by atoms with Crippen molar-refractivity contribution >= 4 is 24.4 Å². The van der Waals surface area contributed by atoms with E-state index in [1.165, 1.54) is 0 Å². The van der Waals surface area contributed by atoms with Crippen molar-refractivity contribution in [3.05, 3.63) is 0 Å². The number of nitrogens with one attached hydrogen (secondary N) is 2. The number of carbonyl (C=O) groups excluding carboxylic acids is 2. The van der Waals surface area contributed by atoms with Gasteiger partial charge in [-0.25, -0.2) is 0 Å². The van der Waals surface area contributed by atoms with Gasteiger partial charge in [0.05, 0.1) is 5.75 Å². The first-order valence-electron chi connectivity index (χ1n) is 4.54. The van der Waals surface area contributed by atoms with Gasteiger partial charge in [0.2, 0.25) is 11.8 Å². The van der Waals surface area contributed by atoms with Crippen LogP contribution in [0.4, 0.5) is 0 Å². The molecule has 0 saturated carbocycles. The molecule has 14 heavy (non-hydrogen) atoms. The monoisotopic (exact) mass is 218 g/mol. The maximum absolute atomic E-state index is 11.2. The van der Waals surface area contributed by atoms with Crippen LogP contribution in [0.5, 0.6) is 0 Å². The SMILES string of the molecule is CC(C)(C)NC(=O)CCNC(=O)CS. The average Bonchev–Trinajstić information content (AvgIpc) is 2.00. The summed E-state index contributed by atoms with van der Waals surface area (Å²) in [7, 11) is 0. The van der Waals surface area contributed by atoms with Crippen molar-refractivity contribution in [1.82, 2.24) is 10.6 Å². The highest BCUT2D eigenvalue weighted by atomic mass is 32.1. The second-order valence-electron chi connectivity index (χ2n) is 4.06. The molecule has 0 unspecified atom stereocenters. The summed E-state index contributed by atoms with van der Waals surface area (Å²) < 4.78 is 0. The molecule has 0 aromatic heterocycles. The molecule has 0 aromatic carbocycles. The Labute approximate surface area is 90.2 Å². The summed E-state index contributed by atoms with van der Waals surface area (Å²) in [5.41, 5.74) is -0.218. The van der Waals surface area contributed by atoms with Gasteiger partial charge in [-0.05, 0) is 20.8 Å².